The minimum absolute atomic E-state index is 0. The summed E-state index contributed by atoms with van der Waals surface area (Å²) in [6.07, 6.45) is 1.55. The zero-order chi connectivity index (χ0) is 8.55. The Morgan fingerprint density at radius 1 is 1.23 bits per heavy atom. The summed E-state index contributed by atoms with van der Waals surface area (Å²) in [6, 6.07) is 7.70. The van der Waals surface area contributed by atoms with Crippen molar-refractivity contribution in [2.75, 3.05) is 0 Å². The van der Waals surface area contributed by atoms with Crippen LogP contribution in [0, 0.1) is 0 Å². The Balaban J connectivity index is 0.000000845. The van der Waals surface area contributed by atoms with Gasteiger partial charge in [0.15, 0.2) is 0 Å². The predicted octanol–water partition coefficient (Wildman–Crippen LogP) is -1.78. The Bertz CT molecular complexity index is 341. The maximum atomic E-state index is 10.7. The number of hydrogen-bond acceptors (Lipinski definition) is 2. The molecule has 0 atom stereocenters. The second kappa shape index (κ2) is 4.18. The molecule has 1 aliphatic carbocycles. The van der Waals surface area contributed by atoms with Crippen LogP contribution in [0.5, 0.6) is 0 Å². The summed E-state index contributed by atoms with van der Waals surface area (Å²) < 4.78 is 0. The van der Waals surface area contributed by atoms with Crippen molar-refractivity contribution in [3.8, 4) is 0 Å². The van der Waals surface area contributed by atoms with Gasteiger partial charge >= 0.3 is 29.6 Å². The van der Waals surface area contributed by atoms with Crippen molar-refractivity contribution in [2.24, 2.45) is 0 Å². The molecule has 1 aromatic carbocycles. The molecule has 2 rings (SSSR count). The van der Waals surface area contributed by atoms with E-state index in [9.17, 15) is 5.11 Å². The minimum atomic E-state index is -0.778. The molecule has 1 aromatic rings. The number of aliphatic hydroxyl groups excluding tert-OH is 1. The van der Waals surface area contributed by atoms with Crippen LogP contribution in [0.3, 0.4) is 0 Å². The van der Waals surface area contributed by atoms with Crippen LogP contribution in [0.2, 0.25) is 0 Å². The first-order chi connectivity index (χ1) is 5.79. The van der Waals surface area contributed by atoms with E-state index in [4.69, 9.17) is 5.11 Å². The molecule has 3 heteroatoms. The summed E-state index contributed by atoms with van der Waals surface area (Å²) in [5.41, 5.74) is 2.64. The predicted molar refractivity (Wildman–Crippen MR) is 44.3 cm³/mol. The first-order valence-electron chi connectivity index (χ1n) is 3.96. The first-order valence-corrected chi connectivity index (χ1v) is 3.96. The van der Waals surface area contributed by atoms with E-state index >= 15 is 0 Å². The van der Waals surface area contributed by atoms with Gasteiger partial charge in [-0.05, 0) is 29.5 Å². The molecule has 0 bridgehead atoms. The maximum Gasteiger partial charge on any atom is 1.00 e. The quantitative estimate of drug-likeness (QED) is 0.383. The Hall–Kier alpha value is -0.440. The number of fused-ring (bicyclic) bond motifs is 1. The second-order valence-corrected chi connectivity index (χ2v) is 2.94. The van der Waals surface area contributed by atoms with Crippen molar-refractivity contribution >= 4 is 5.57 Å². The minimum Gasteiger partial charge on any atom is -0.629 e. The van der Waals surface area contributed by atoms with Crippen molar-refractivity contribution in [1.82, 2.24) is 0 Å². The van der Waals surface area contributed by atoms with Gasteiger partial charge in [-0.25, -0.2) is 0 Å². The third-order valence-corrected chi connectivity index (χ3v) is 2.24. The molecule has 0 amide bonds. The fraction of sp³-hybridized carbons (Fsp3) is 0.200. The van der Waals surface area contributed by atoms with Crippen LogP contribution in [0.1, 0.15) is 17.5 Å². The Morgan fingerprint density at radius 2 is 1.92 bits per heavy atom. The number of aliphatic hydroxyl groups is 1. The largest absolute Gasteiger partial charge is 1.00 e. The molecule has 1 aliphatic rings. The van der Waals surface area contributed by atoms with E-state index < -0.39 is 5.95 Å². The van der Waals surface area contributed by atoms with E-state index in [1.165, 1.54) is 0 Å². The van der Waals surface area contributed by atoms with Crippen molar-refractivity contribution in [3.63, 3.8) is 0 Å². The molecule has 0 radical (unpaired) electrons. The molecule has 1 N–H and O–H groups in total. The molecule has 0 unspecified atom stereocenters. The van der Waals surface area contributed by atoms with Crippen LogP contribution < -0.4 is 34.7 Å². The van der Waals surface area contributed by atoms with Crippen LogP contribution in [-0.4, -0.2) is 5.11 Å². The summed E-state index contributed by atoms with van der Waals surface area (Å²) in [7, 11) is 0. The third kappa shape index (κ3) is 1.90. The zero-order valence-electron chi connectivity index (χ0n) is 7.58. The van der Waals surface area contributed by atoms with Crippen molar-refractivity contribution in [2.45, 2.75) is 12.8 Å². The van der Waals surface area contributed by atoms with Gasteiger partial charge in [-0.2, -0.15) is 0 Å². The molecule has 0 saturated heterocycles. The van der Waals surface area contributed by atoms with Gasteiger partial charge < -0.3 is 10.2 Å². The van der Waals surface area contributed by atoms with Crippen molar-refractivity contribution < 1.29 is 39.8 Å². The van der Waals surface area contributed by atoms with E-state index in [1.807, 2.05) is 24.3 Å². The van der Waals surface area contributed by atoms with Gasteiger partial charge in [0.05, 0.1) is 5.95 Å². The molecule has 2 nitrogen and oxygen atoms in total. The third-order valence-electron chi connectivity index (χ3n) is 2.24. The van der Waals surface area contributed by atoms with E-state index in [0.29, 0.717) is 12.0 Å². The van der Waals surface area contributed by atoms with E-state index in [1.54, 1.807) is 0 Å². The standard InChI is InChI=1S/C10H10O2.Na/c11-10(12)9-6-5-7-3-1-2-4-8(7)9;/h1-4,11-12H,5-6H2;/q;+1/p-1. The normalized spacial score (nSPS) is 17.5. The summed E-state index contributed by atoms with van der Waals surface area (Å²) in [4.78, 5) is 0. The smallest absolute Gasteiger partial charge is 0.629 e. The van der Waals surface area contributed by atoms with Crippen LogP contribution >= 0.6 is 0 Å². The van der Waals surface area contributed by atoms with E-state index in [-0.39, 0.29) is 29.6 Å². The fourth-order valence-electron chi connectivity index (χ4n) is 1.65. The molecular formula is C10H9NaO2. The monoisotopic (exact) mass is 184 g/mol. The maximum absolute atomic E-state index is 10.7. The van der Waals surface area contributed by atoms with Gasteiger partial charge in [0.2, 0.25) is 0 Å². The van der Waals surface area contributed by atoms with Crippen molar-refractivity contribution in [3.05, 3.63) is 41.3 Å². The topological polar surface area (TPSA) is 43.3 Å². The molecule has 62 valence electrons. The number of allylic oxidation sites excluding steroid dienone is 1. The average molecular weight is 184 g/mol. The molecule has 0 saturated carbocycles. The fourth-order valence-corrected chi connectivity index (χ4v) is 1.65. The van der Waals surface area contributed by atoms with Crippen LogP contribution in [0.15, 0.2) is 30.2 Å². The van der Waals surface area contributed by atoms with Crippen LogP contribution in [0.4, 0.5) is 0 Å². The zero-order valence-corrected chi connectivity index (χ0v) is 9.58. The average Bonchev–Trinajstić information content (AvgIpc) is 2.47. The molecule has 0 aromatic heterocycles. The van der Waals surface area contributed by atoms with E-state index in [0.717, 1.165) is 17.5 Å². The van der Waals surface area contributed by atoms with Gasteiger partial charge in [0.1, 0.15) is 0 Å². The summed E-state index contributed by atoms with van der Waals surface area (Å²) in [5, 5.41) is 19.6. The van der Waals surface area contributed by atoms with E-state index in [2.05, 4.69) is 0 Å². The molecule has 13 heavy (non-hydrogen) atoms. The van der Waals surface area contributed by atoms with Crippen LogP contribution in [-0.2, 0) is 6.42 Å². The molecule has 0 aliphatic heterocycles. The second-order valence-electron chi connectivity index (χ2n) is 2.94. The molecular weight excluding hydrogens is 175 g/mol. The molecule has 0 fully saturated rings. The Labute approximate surface area is 99.2 Å². The van der Waals surface area contributed by atoms with Crippen molar-refractivity contribution in [1.29, 1.82) is 0 Å². The van der Waals surface area contributed by atoms with Gasteiger partial charge in [-0.15, -0.1) is 0 Å². The summed E-state index contributed by atoms with van der Waals surface area (Å²) in [5.74, 6) is -0.778. The Morgan fingerprint density at radius 3 is 2.62 bits per heavy atom. The number of aryl methyl sites for hydroxylation is 1. The SMILES string of the molecule is [Na+].[O-]C(O)=C1CCc2ccccc21. The number of hydrogen-bond donors (Lipinski definition) is 1. The number of rotatable bonds is 0. The summed E-state index contributed by atoms with van der Waals surface area (Å²) >= 11 is 0. The summed E-state index contributed by atoms with van der Waals surface area (Å²) in [6.45, 7) is 0. The van der Waals surface area contributed by atoms with Gasteiger partial charge in [-0.1, -0.05) is 24.3 Å². The van der Waals surface area contributed by atoms with Crippen LogP contribution in [0.25, 0.3) is 5.57 Å². The first kappa shape index (κ1) is 10.6. The molecule has 0 heterocycles. The van der Waals surface area contributed by atoms with Gasteiger partial charge in [0.25, 0.3) is 0 Å². The van der Waals surface area contributed by atoms with Gasteiger partial charge in [0, 0.05) is 0 Å². The van der Waals surface area contributed by atoms with Gasteiger partial charge in [-0.3, -0.25) is 0 Å². The molecule has 0 spiro atoms. The Kier molecular flexibility index (Phi) is 3.42. The number of benzene rings is 1.